The highest BCUT2D eigenvalue weighted by molar-refractivity contribution is 5.32. The smallest absolute Gasteiger partial charge is 0.146 e. The first-order chi connectivity index (χ1) is 8.70. The van der Waals surface area contributed by atoms with E-state index in [2.05, 4.69) is 5.32 Å². The fourth-order valence-electron chi connectivity index (χ4n) is 1.76. The SMILES string of the molecule is CNCc1ccoc1COc1ccc(F)cc1C. The van der Waals surface area contributed by atoms with Crippen LogP contribution in [-0.4, -0.2) is 7.05 Å². The molecule has 0 aliphatic carbocycles. The minimum absolute atomic E-state index is 0.256. The van der Waals surface area contributed by atoms with Crippen LogP contribution in [0.1, 0.15) is 16.9 Å². The average Bonchev–Trinajstić information content (AvgIpc) is 2.76. The molecule has 1 aromatic heterocycles. The maximum absolute atomic E-state index is 12.9. The number of rotatable bonds is 5. The van der Waals surface area contributed by atoms with Crippen LogP contribution in [0.4, 0.5) is 4.39 Å². The van der Waals surface area contributed by atoms with Crippen molar-refractivity contribution in [2.75, 3.05) is 7.05 Å². The highest BCUT2D eigenvalue weighted by atomic mass is 19.1. The Kier molecular flexibility index (Phi) is 3.99. The van der Waals surface area contributed by atoms with Gasteiger partial charge in [-0.2, -0.15) is 0 Å². The van der Waals surface area contributed by atoms with Gasteiger partial charge in [0.15, 0.2) is 0 Å². The molecule has 2 rings (SSSR count). The Morgan fingerprint density at radius 2 is 2.17 bits per heavy atom. The number of benzene rings is 1. The first kappa shape index (κ1) is 12.6. The number of halogens is 1. The Labute approximate surface area is 106 Å². The van der Waals surface area contributed by atoms with Gasteiger partial charge in [0.05, 0.1) is 6.26 Å². The van der Waals surface area contributed by atoms with E-state index in [1.54, 1.807) is 12.3 Å². The summed E-state index contributed by atoms with van der Waals surface area (Å²) in [5.74, 6) is 1.20. The summed E-state index contributed by atoms with van der Waals surface area (Å²) in [5.41, 5.74) is 1.84. The Balaban J connectivity index is 2.04. The minimum Gasteiger partial charge on any atom is -0.485 e. The van der Waals surface area contributed by atoms with E-state index in [4.69, 9.17) is 9.15 Å². The van der Waals surface area contributed by atoms with E-state index in [-0.39, 0.29) is 5.82 Å². The molecular weight excluding hydrogens is 233 g/mol. The fraction of sp³-hybridized carbons (Fsp3) is 0.286. The summed E-state index contributed by atoms with van der Waals surface area (Å²) in [4.78, 5) is 0. The number of ether oxygens (including phenoxy) is 1. The summed E-state index contributed by atoms with van der Waals surface area (Å²) in [6.45, 7) is 2.89. The Morgan fingerprint density at radius 1 is 1.33 bits per heavy atom. The van der Waals surface area contributed by atoms with Gasteiger partial charge < -0.3 is 14.5 Å². The van der Waals surface area contributed by atoms with Crippen LogP contribution in [0, 0.1) is 12.7 Å². The number of hydrogen-bond donors (Lipinski definition) is 1. The van der Waals surface area contributed by atoms with Crippen molar-refractivity contribution in [1.82, 2.24) is 5.32 Å². The quantitative estimate of drug-likeness (QED) is 0.884. The van der Waals surface area contributed by atoms with Gasteiger partial charge in [-0.15, -0.1) is 0 Å². The van der Waals surface area contributed by atoms with Gasteiger partial charge in [0.1, 0.15) is 23.9 Å². The van der Waals surface area contributed by atoms with Crippen LogP contribution in [0.2, 0.25) is 0 Å². The highest BCUT2D eigenvalue weighted by Crippen LogP contribution is 2.21. The lowest BCUT2D eigenvalue weighted by atomic mass is 10.2. The zero-order chi connectivity index (χ0) is 13.0. The lowest BCUT2D eigenvalue weighted by Crippen LogP contribution is -2.07. The largest absolute Gasteiger partial charge is 0.485 e. The van der Waals surface area contributed by atoms with Crippen molar-refractivity contribution in [1.29, 1.82) is 0 Å². The molecule has 0 unspecified atom stereocenters. The molecule has 0 fully saturated rings. The summed E-state index contributed by atoms with van der Waals surface area (Å²) in [6, 6.07) is 6.38. The second-order valence-electron chi connectivity index (χ2n) is 4.10. The van der Waals surface area contributed by atoms with Crippen LogP contribution in [0.15, 0.2) is 34.9 Å². The van der Waals surface area contributed by atoms with Crippen LogP contribution in [0.3, 0.4) is 0 Å². The van der Waals surface area contributed by atoms with E-state index in [1.165, 1.54) is 12.1 Å². The predicted octanol–water partition coefficient (Wildman–Crippen LogP) is 3.03. The van der Waals surface area contributed by atoms with Gasteiger partial charge >= 0.3 is 0 Å². The van der Waals surface area contributed by atoms with Crippen molar-refractivity contribution in [3.05, 3.63) is 53.2 Å². The monoisotopic (exact) mass is 249 g/mol. The molecule has 3 nitrogen and oxygen atoms in total. The maximum Gasteiger partial charge on any atom is 0.146 e. The summed E-state index contributed by atoms with van der Waals surface area (Å²) in [5, 5.41) is 3.06. The lowest BCUT2D eigenvalue weighted by Gasteiger charge is -2.08. The molecular formula is C14H16FNO2. The molecule has 0 saturated heterocycles. The van der Waals surface area contributed by atoms with Crippen LogP contribution in [0.25, 0.3) is 0 Å². The molecule has 2 aromatic rings. The second-order valence-corrected chi connectivity index (χ2v) is 4.10. The van der Waals surface area contributed by atoms with Gasteiger partial charge in [-0.1, -0.05) is 0 Å². The minimum atomic E-state index is -0.256. The van der Waals surface area contributed by atoms with Gasteiger partial charge in [-0.3, -0.25) is 0 Å². The van der Waals surface area contributed by atoms with Crippen molar-refractivity contribution in [2.24, 2.45) is 0 Å². The van der Waals surface area contributed by atoms with Crippen LogP contribution in [-0.2, 0) is 13.2 Å². The second kappa shape index (κ2) is 5.69. The fourth-order valence-corrected chi connectivity index (χ4v) is 1.76. The topological polar surface area (TPSA) is 34.4 Å². The number of hydrogen-bond acceptors (Lipinski definition) is 3. The molecule has 0 aliphatic heterocycles. The Morgan fingerprint density at radius 3 is 2.89 bits per heavy atom. The Hall–Kier alpha value is -1.81. The molecule has 4 heteroatoms. The molecule has 18 heavy (non-hydrogen) atoms. The van der Waals surface area contributed by atoms with Crippen molar-refractivity contribution in [3.63, 3.8) is 0 Å². The van der Waals surface area contributed by atoms with Gasteiger partial charge in [-0.05, 0) is 43.8 Å². The third kappa shape index (κ3) is 2.90. The van der Waals surface area contributed by atoms with Crippen LogP contribution >= 0.6 is 0 Å². The van der Waals surface area contributed by atoms with Gasteiger partial charge in [0, 0.05) is 12.1 Å². The van der Waals surface area contributed by atoms with Gasteiger partial charge in [0.25, 0.3) is 0 Å². The zero-order valence-electron chi connectivity index (χ0n) is 10.5. The van der Waals surface area contributed by atoms with Crippen molar-refractivity contribution < 1.29 is 13.5 Å². The molecule has 0 saturated carbocycles. The first-order valence-corrected chi connectivity index (χ1v) is 5.79. The normalized spacial score (nSPS) is 10.6. The molecule has 0 radical (unpaired) electrons. The van der Waals surface area contributed by atoms with E-state index in [0.717, 1.165) is 23.4 Å². The molecule has 0 bridgehead atoms. The molecule has 0 amide bonds. The summed E-state index contributed by atoms with van der Waals surface area (Å²) >= 11 is 0. The highest BCUT2D eigenvalue weighted by Gasteiger charge is 2.07. The predicted molar refractivity (Wildman–Crippen MR) is 66.9 cm³/mol. The van der Waals surface area contributed by atoms with Crippen molar-refractivity contribution in [3.8, 4) is 5.75 Å². The number of nitrogens with one attached hydrogen (secondary N) is 1. The molecule has 0 aliphatic rings. The Bertz CT molecular complexity index is 522. The molecule has 1 aromatic carbocycles. The third-order valence-electron chi connectivity index (χ3n) is 2.70. The van der Waals surface area contributed by atoms with E-state index < -0.39 is 0 Å². The average molecular weight is 249 g/mol. The summed E-state index contributed by atoms with van der Waals surface area (Å²) in [7, 11) is 1.88. The molecule has 1 N–H and O–H groups in total. The van der Waals surface area contributed by atoms with E-state index >= 15 is 0 Å². The van der Waals surface area contributed by atoms with Crippen LogP contribution < -0.4 is 10.1 Å². The van der Waals surface area contributed by atoms with Gasteiger partial charge in [0.2, 0.25) is 0 Å². The molecule has 0 atom stereocenters. The number of aryl methyl sites for hydroxylation is 1. The number of furan rings is 1. The molecule has 0 spiro atoms. The lowest BCUT2D eigenvalue weighted by molar-refractivity contribution is 0.266. The molecule has 1 heterocycles. The van der Waals surface area contributed by atoms with Crippen molar-refractivity contribution in [2.45, 2.75) is 20.1 Å². The third-order valence-corrected chi connectivity index (χ3v) is 2.70. The van der Waals surface area contributed by atoms with E-state index in [9.17, 15) is 4.39 Å². The van der Waals surface area contributed by atoms with Crippen molar-refractivity contribution >= 4 is 0 Å². The van der Waals surface area contributed by atoms with E-state index in [1.807, 2.05) is 20.0 Å². The van der Waals surface area contributed by atoms with Gasteiger partial charge in [-0.25, -0.2) is 4.39 Å². The van der Waals surface area contributed by atoms with E-state index in [0.29, 0.717) is 12.4 Å². The summed E-state index contributed by atoms with van der Waals surface area (Å²) < 4.78 is 23.9. The summed E-state index contributed by atoms with van der Waals surface area (Å²) in [6.07, 6.45) is 1.64. The maximum atomic E-state index is 12.9. The first-order valence-electron chi connectivity index (χ1n) is 5.79. The standard InChI is InChI=1S/C14H16FNO2/c1-10-7-12(15)3-4-13(10)18-9-14-11(8-16-2)5-6-17-14/h3-7,16H,8-9H2,1-2H3. The molecule has 96 valence electrons. The zero-order valence-corrected chi connectivity index (χ0v) is 10.5. The van der Waals surface area contributed by atoms with Crippen LogP contribution in [0.5, 0.6) is 5.75 Å².